The Bertz CT molecular complexity index is 834. The molecule has 0 aliphatic carbocycles. The standard InChI is InChI=1S/C21H18O3/c1-2-24-20-5-3-4-19(14-20)17-8-6-15(7-9-17)16-10-12-18(13-11-16)21(22)23/h3-14H,2H2,1H3,(H,22,23). The van der Waals surface area contributed by atoms with Gasteiger partial charge in [-0.3, -0.25) is 0 Å². The first kappa shape index (κ1) is 15.8. The summed E-state index contributed by atoms with van der Waals surface area (Å²) >= 11 is 0. The van der Waals surface area contributed by atoms with Crippen LogP contribution in [0.15, 0.2) is 72.8 Å². The normalized spacial score (nSPS) is 10.4. The Morgan fingerprint density at radius 1 is 0.833 bits per heavy atom. The minimum Gasteiger partial charge on any atom is -0.494 e. The molecule has 0 saturated heterocycles. The average molecular weight is 318 g/mol. The highest BCUT2D eigenvalue weighted by Crippen LogP contribution is 2.27. The molecule has 0 unspecified atom stereocenters. The molecule has 0 aliphatic rings. The minimum absolute atomic E-state index is 0.295. The maximum atomic E-state index is 10.9. The van der Waals surface area contributed by atoms with Gasteiger partial charge in [-0.05, 0) is 53.4 Å². The number of carboxylic acids is 1. The summed E-state index contributed by atoms with van der Waals surface area (Å²) in [7, 11) is 0. The summed E-state index contributed by atoms with van der Waals surface area (Å²) in [5.41, 5.74) is 4.56. The maximum absolute atomic E-state index is 10.9. The van der Waals surface area contributed by atoms with Crippen LogP contribution >= 0.6 is 0 Å². The summed E-state index contributed by atoms with van der Waals surface area (Å²) in [6, 6.07) is 23.1. The summed E-state index contributed by atoms with van der Waals surface area (Å²) < 4.78 is 5.54. The maximum Gasteiger partial charge on any atom is 0.335 e. The van der Waals surface area contributed by atoms with Gasteiger partial charge < -0.3 is 9.84 Å². The van der Waals surface area contributed by atoms with E-state index in [1.165, 1.54) is 0 Å². The molecule has 24 heavy (non-hydrogen) atoms. The van der Waals surface area contributed by atoms with E-state index >= 15 is 0 Å². The van der Waals surface area contributed by atoms with Crippen LogP contribution in [0.1, 0.15) is 17.3 Å². The Morgan fingerprint density at radius 2 is 1.38 bits per heavy atom. The quantitative estimate of drug-likeness (QED) is 0.710. The van der Waals surface area contributed by atoms with Crippen molar-refractivity contribution >= 4 is 5.97 Å². The highest BCUT2D eigenvalue weighted by atomic mass is 16.5. The first-order chi connectivity index (χ1) is 11.7. The zero-order valence-corrected chi connectivity index (χ0v) is 13.4. The highest BCUT2D eigenvalue weighted by Gasteiger charge is 2.04. The molecule has 0 fully saturated rings. The zero-order chi connectivity index (χ0) is 16.9. The topological polar surface area (TPSA) is 46.5 Å². The van der Waals surface area contributed by atoms with Crippen molar-refractivity contribution in [3.63, 3.8) is 0 Å². The number of ether oxygens (including phenoxy) is 1. The summed E-state index contributed by atoms with van der Waals surface area (Å²) in [4.78, 5) is 10.9. The first-order valence-corrected chi connectivity index (χ1v) is 7.84. The second-order valence-corrected chi connectivity index (χ2v) is 5.42. The second kappa shape index (κ2) is 7.01. The predicted molar refractivity (Wildman–Crippen MR) is 95.4 cm³/mol. The number of carboxylic acid groups (broad SMARTS) is 1. The monoisotopic (exact) mass is 318 g/mol. The van der Waals surface area contributed by atoms with Gasteiger partial charge in [-0.25, -0.2) is 4.79 Å². The van der Waals surface area contributed by atoms with Gasteiger partial charge in [-0.1, -0.05) is 48.5 Å². The van der Waals surface area contributed by atoms with E-state index in [-0.39, 0.29) is 0 Å². The summed E-state index contributed by atoms with van der Waals surface area (Å²) in [6.45, 7) is 2.62. The lowest BCUT2D eigenvalue weighted by atomic mass is 9.99. The molecule has 3 heteroatoms. The van der Waals surface area contributed by atoms with Gasteiger partial charge in [0.15, 0.2) is 0 Å². The molecule has 3 rings (SSSR count). The van der Waals surface area contributed by atoms with E-state index in [0.29, 0.717) is 12.2 Å². The third-order valence-electron chi connectivity index (χ3n) is 3.83. The third-order valence-corrected chi connectivity index (χ3v) is 3.83. The summed E-state index contributed by atoms with van der Waals surface area (Å²) in [5, 5.41) is 8.96. The van der Waals surface area contributed by atoms with Crippen LogP contribution in [0.4, 0.5) is 0 Å². The van der Waals surface area contributed by atoms with Gasteiger partial charge in [0.1, 0.15) is 5.75 Å². The number of carbonyl (C=O) groups is 1. The van der Waals surface area contributed by atoms with Crippen molar-refractivity contribution in [2.75, 3.05) is 6.61 Å². The van der Waals surface area contributed by atoms with Crippen LogP contribution in [0.5, 0.6) is 5.75 Å². The van der Waals surface area contributed by atoms with Crippen LogP contribution in [-0.4, -0.2) is 17.7 Å². The SMILES string of the molecule is CCOc1cccc(-c2ccc(-c3ccc(C(=O)O)cc3)cc2)c1. The smallest absolute Gasteiger partial charge is 0.335 e. The molecule has 3 nitrogen and oxygen atoms in total. The van der Waals surface area contributed by atoms with E-state index in [2.05, 4.69) is 18.2 Å². The van der Waals surface area contributed by atoms with Crippen LogP contribution in [0.3, 0.4) is 0 Å². The molecule has 0 atom stereocenters. The first-order valence-electron chi connectivity index (χ1n) is 7.84. The Balaban J connectivity index is 1.85. The summed E-state index contributed by atoms with van der Waals surface area (Å²) in [5.74, 6) is -0.0468. The van der Waals surface area contributed by atoms with Gasteiger partial charge in [-0.2, -0.15) is 0 Å². The van der Waals surface area contributed by atoms with Gasteiger partial charge in [0, 0.05) is 0 Å². The van der Waals surface area contributed by atoms with Crippen molar-refractivity contribution in [1.82, 2.24) is 0 Å². The lowest BCUT2D eigenvalue weighted by molar-refractivity contribution is 0.0697. The van der Waals surface area contributed by atoms with E-state index in [1.807, 2.05) is 49.4 Å². The molecule has 1 N–H and O–H groups in total. The molecule has 0 radical (unpaired) electrons. The van der Waals surface area contributed by atoms with E-state index in [1.54, 1.807) is 12.1 Å². The van der Waals surface area contributed by atoms with Crippen LogP contribution in [0.25, 0.3) is 22.3 Å². The Kier molecular flexibility index (Phi) is 4.62. The number of hydrogen-bond acceptors (Lipinski definition) is 2. The van der Waals surface area contributed by atoms with Crippen molar-refractivity contribution in [2.45, 2.75) is 6.92 Å². The van der Waals surface area contributed by atoms with Crippen molar-refractivity contribution in [2.24, 2.45) is 0 Å². The second-order valence-electron chi connectivity index (χ2n) is 5.42. The molecular weight excluding hydrogens is 300 g/mol. The van der Waals surface area contributed by atoms with Crippen LogP contribution < -0.4 is 4.74 Å². The van der Waals surface area contributed by atoms with Gasteiger partial charge >= 0.3 is 5.97 Å². The molecule has 0 aromatic heterocycles. The van der Waals surface area contributed by atoms with Gasteiger partial charge in [-0.15, -0.1) is 0 Å². The molecular formula is C21H18O3. The number of hydrogen-bond donors (Lipinski definition) is 1. The molecule has 0 saturated carbocycles. The van der Waals surface area contributed by atoms with Crippen molar-refractivity contribution in [1.29, 1.82) is 0 Å². The minimum atomic E-state index is -0.911. The predicted octanol–water partition coefficient (Wildman–Crippen LogP) is 5.12. The molecule has 3 aromatic rings. The third kappa shape index (κ3) is 3.46. The van der Waals surface area contributed by atoms with Crippen molar-refractivity contribution in [3.05, 3.63) is 78.4 Å². The Labute approximate surface area is 141 Å². The molecule has 0 aliphatic heterocycles. The Hall–Kier alpha value is -3.07. The van der Waals surface area contributed by atoms with Crippen LogP contribution in [0, 0.1) is 0 Å². The number of rotatable bonds is 5. The van der Waals surface area contributed by atoms with Gasteiger partial charge in [0.25, 0.3) is 0 Å². The molecule has 0 amide bonds. The lowest BCUT2D eigenvalue weighted by Crippen LogP contribution is -1.94. The fourth-order valence-corrected chi connectivity index (χ4v) is 2.59. The number of aromatic carboxylic acids is 1. The Morgan fingerprint density at radius 3 is 1.92 bits per heavy atom. The van der Waals surface area contributed by atoms with Gasteiger partial charge in [0.2, 0.25) is 0 Å². The molecule has 3 aromatic carbocycles. The fraction of sp³-hybridized carbons (Fsp3) is 0.0952. The van der Waals surface area contributed by atoms with Crippen LogP contribution in [-0.2, 0) is 0 Å². The number of benzene rings is 3. The van der Waals surface area contributed by atoms with E-state index in [4.69, 9.17) is 9.84 Å². The highest BCUT2D eigenvalue weighted by molar-refractivity contribution is 5.88. The zero-order valence-electron chi connectivity index (χ0n) is 13.4. The fourth-order valence-electron chi connectivity index (χ4n) is 2.59. The average Bonchev–Trinajstić information content (AvgIpc) is 2.62. The molecule has 120 valence electrons. The molecule has 0 bridgehead atoms. The summed E-state index contributed by atoms with van der Waals surface area (Å²) in [6.07, 6.45) is 0. The molecule has 0 spiro atoms. The lowest BCUT2D eigenvalue weighted by Gasteiger charge is -2.08. The largest absolute Gasteiger partial charge is 0.494 e. The van der Waals surface area contributed by atoms with E-state index < -0.39 is 5.97 Å². The van der Waals surface area contributed by atoms with Gasteiger partial charge in [0.05, 0.1) is 12.2 Å². The van der Waals surface area contributed by atoms with E-state index in [0.717, 1.165) is 28.0 Å². The van der Waals surface area contributed by atoms with Crippen molar-refractivity contribution in [3.8, 4) is 28.0 Å². The van der Waals surface area contributed by atoms with Crippen molar-refractivity contribution < 1.29 is 14.6 Å². The van der Waals surface area contributed by atoms with Crippen LogP contribution in [0.2, 0.25) is 0 Å². The van der Waals surface area contributed by atoms with E-state index in [9.17, 15) is 4.79 Å². The molecule has 0 heterocycles.